The lowest BCUT2D eigenvalue weighted by atomic mass is 10.2. The minimum Gasteiger partial charge on any atom is -0.345 e. The van der Waals surface area contributed by atoms with Crippen molar-refractivity contribution in [2.24, 2.45) is 0 Å². The Morgan fingerprint density at radius 1 is 1.38 bits per heavy atom. The average molecular weight is 219 g/mol. The third kappa shape index (κ3) is 1.54. The van der Waals surface area contributed by atoms with E-state index in [0.717, 1.165) is 0 Å². The van der Waals surface area contributed by atoms with Gasteiger partial charge in [0.25, 0.3) is 0 Å². The van der Waals surface area contributed by atoms with E-state index in [9.17, 15) is 9.59 Å². The number of rotatable bonds is 1. The number of H-pyrrole nitrogens is 1. The molecule has 0 radical (unpaired) electrons. The summed E-state index contributed by atoms with van der Waals surface area (Å²) in [5, 5.41) is 0.452. The van der Waals surface area contributed by atoms with E-state index in [2.05, 4.69) is 9.97 Å². The molecular formula is C11H13N3O2. The highest BCUT2D eigenvalue weighted by atomic mass is 16.1. The Morgan fingerprint density at radius 3 is 2.69 bits per heavy atom. The van der Waals surface area contributed by atoms with E-state index < -0.39 is 0 Å². The number of aromatic nitrogens is 3. The van der Waals surface area contributed by atoms with Crippen molar-refractivity contribution in [2.45, 2.75) is 26.8 Å². The van der Waals surface area contributed by atoms with Crippen molar-refractivity contribution in [1.82, 2.24) is 14.5 Å². The number of nitrogens with zero attached hydrogens (tertiary/aromatic N) is 2. The van der Waals surface area contributed by atoms with Crippen LogP contribution in [0, 0.1) is 6.92 Å². The topological polar surface area (TPSA) is 67.8 Å². The molecule has 0 aliphatic carbocycles. The molecule has 0 amide bonds. The van der Waals surface area contributed by atoms with Crippen molar-refractivity contribution in [1.29, 1.82) is 0 Å². The van der Waals surface area contributed by atoms with Crippen LogP contribution in [-0.2, 0) is 0 Å². The van der Waals surface area contributed by atoms with Gasteiger partial charge in [0.2, 0.25) is 0 Å². The first kappa shape index (κ1) is 10.6. The van der Waals surface area contributed by atoms with Crippen molar-refractivity contribution in [2.75, 3.05) is 0 Å². The van der Waals surface area contributed by atoms with E-state index in [0.29, 0.717) is 16.6 Å². The number of pyridine rings is 1. The minimum atomic E-state index is -0.345. The van der Waals surface area contributed by atoms with E-state index in [1.807, 2.05) is 13.8 Å². The molecule has 0 saturated carbocycles. The Bertz CT molecular complexity index is 652. The number of hydrogen-bond acceptors (Lipinski definition) is 3. The van der Waals surface area contributed by atoms with Crippen LogP contribution in [0.5, 0.6) is 0 Å². The third-order valence-electron chi connectivity index (χ3n) is 2.54. The molecule has 0 atom stereocenters. The van der Waals surface area contributed by atoms with Gasteiger partial charge in [-0.3, -0.25) is 9.36 Å². The second-order valence-electron chi connectivity index (χ2n) is 4.09. The summed E-state index contributed by atoms with van der Waals surface area (Å²) in [4.78, 5) is 30.1. The molecule has 0 spiro atoms. The first-order valence-corrected chi connectivity index (χ1v) is 5.12. The Labute approximate surface area is 91.8 Å². The molecule has 2 aromatic heterocycles. The molecule has 2 aromatic rings. The van der Waals surface area contributed by atoms with E-state index in [1.165, 1.54) is 4.57 Å². The Kier molecular flexibility index (Phi) is 2.38. The standard InChI is InChI=1S/C11H13N3O2/c1-6(2)14-5-8-9(15)7(3)4-12-10(8)13-11(14)16/h4-6H,1-3H3,(H,12,13,16). The van der Waals surface area contributed by atoms with Crippen LogP contribution in [0.1, 0.15) is 25.5 Å². The highest BCUT2D eigenvalue weighted by Crippen LogP contribution is 2.05. The van der Waals surface area contributed by atoms with E-state index >= 15 is 0 Å². The summed E-state index contributed by atoms with van der Waals surface area (Å²) in [5.41, 5.74) is 0.526. The fourth-order valence-electron chi connectivity index (χ4n) is 1.57. The van der Waals surface area contributed by atoms with Gasteiger partial charge in [0.15, 0.2) is 5.43 Å². The van der Waals surface area contributed by atoms with Crippen molar-refractivity contribution in [3.05, 3.63) is 38.7 Å². The van der Waals surface area contributed by atoms with Crippen LogP contribution in [0.25, 0.3) is 11.0 Å². The largest absolute Gasteiger partial charge is 0.349 e. The molecule has 0 saturated heterocycles. The van der Waals surface area contributed by atoms with Gasteiger partial charge in [-0.25, -0.2) is 4.79 Å². The van der Waals surface area contributed by atoms with Crippen LogP contribution in [0.2, 0.25) is 0 Å². The molecule has 0 fully saturated rings. The SMILES string of the molecule is Cc1c[nH]c2nc(=O)n(C(C)C)cc2c1=O. The Balaban J connectivity index is 2.92. The van der Waals surface area contributed by atoms with Gasteiger partial charge in [0.05, 0.1) is 5.39 Å². The molecule has 0 aliphatic rings. The van der Waals surface area contributed by atoms with Crippen molar-refractivity contribution < 1.29 is 0 Å². The van der Waals surface area contributed by atoms with Gasteiger partial charge in [-0.1, -0.05) is 0 Å². The number of nitrogens with one attached hydrogen (secondary N) is 1. The summed E-state index contributed by atoms with van der Waals surface area (Å²) in [5.74, 6) is 0. The van der Waals surface area contributed by atoms with Gasteiger partial charge < -0.3 is 4.98 Å². The first-order valence-electron chi connectivity index (χ1n) is 5.12. The highest BCUT2D eigenvalue weighted by molar-refractivity contribution is 5.73. The van der Waals surface area contributed by atoms with Gasteiger partial charge in [-0.05, 0) is 20.8 Å². The predicted molar refractivity (Wildman–Crippen MR) is 61.7 cm³/mol. The van der Waals surface area contributed by atoms with Crippen molar-refractivity contribution >= 4 is 11.0 Å². The van der Waals surface area contributed by atoms with Crippen LogP contribution < -0.4 is 11.1 Å². The Hall–Kier alpha value is -1.91. The molecular weight excluding hydrogens is 206 g/mol. The molecule has 5 nitrogen and oxygen atoms in total. The third-order valence-corrected chi connectivity index (χ3v) is 2.54. The van der Waals surface area contributed by atoms with Crippen LogP contribution in [-0.4, -0.2) is 14.5 Å². The maximum atomic E-state index is 11.8. The molecule has 1 N–H and O–H groups in total. The lowest BCUT2D eigenvalue weighted by Gasteiger charge is -2.09. The molecule has 0 bridgehead atoms. The molecule has 0 aliphatic heterocycles. The second-order valence-corrected chi connectivity index (χ2v) is 4.09. The average Bonchev–Trinajstić information content (AvgIpc) is 2.23. The predicted octanol–water partition coefficient (Wildman–Crippen LogP) is 0.974. The summed E-state index contributed by atoms with van der Waals surface area (Å²) < 4.78 is 1.46. The molecule has 5 heteroatoms. The number of fused-ring (bicyclic) bond motifs is 1. The van der Waals surface area contributed by atoms with Gasteiger partial charge in [-0.2, -0.15) is 4.98 Å². The maximum Gasteiger partial charge on any atom is 0.349 e. The van der Waals surface area contributed by atoms with Gasteiger partial charge in [0.1, 0.15) is 5.65 Å². The molecule has 0 unspecified atom stereocenters. The number of aryl methyl sites for hydroxylation is 1. The summed E-state index contributed by atoms with van der Waals surface area (Å²) >= 11 is 0. The summed E-state index contributed by atoms with van der Waals surface area (Å²) in [6.45, 7) is 5.47. The van der Waals surface area contributed by atoms with Crippen molar-refractivity contribution in [3.63, 3.8) is 0 Å². The monoisotopic (exact) mass is 219 g/mol. The Morgan fingerprint density at radius 2 is 2.06 bits per heavy atom. The summed E-state index contributed by atoms with van der Waals surface area (Å²) in [6, 6.07) is -0.00990. The fraction of sp³-hybridized carbons (Fsp3) is 0.364. The van der Waals surface area contributed by atoms with Crippen molar-refractivity contribution in [3.8, 4) is 0 Å². The number of hydrogen-bond donors (Lipinski definition) is 1. The maximum absolute atomic E-state index is 11.8. The molecule has 16 heavy (non-hydrogen) atoms. The second kappa shape index (κ2) is 3.59. The van der Waals surface area contributed by atoms with E-state index in [1.54, 1.807) is 19.3 Å². The van der Waals surface area contributed by atoms with Gasteiger partial charge in [0, 0.05) is 24.0 Å². The summed E-state index contributed by atoms with van der Waals surface area (Å²) in [7, 11) is 0. The smallest absolute Gasteiger partial charge is 0.345 e. The summed E-state index contributed by atoms with van der Waals surface area (Å²) in [6.07, 6.45) is 3.14. The fourth-order valence-corrected chi connectivity index (χ4v) is 1.57. The lowest BCUT2D eigenvalue weighted by Crippen LogP contribution is -2.26. The molecule has 84 valence electrons. The lowest BCUT2D eigenvalue weighted by molar-refractivity contribution is 0.568. The number of aromatic amines is 1. The minimum absolute atomic E-state index is 0.00990. The zero-order chi connectivity index (χ0) is 11.9. The van der Waals surface area contributed by atoms with Crippen LogP contribution in [0.4, 0.5) is 0 Å². The van der Waals surface area contributed by atoms with Crippen LogP contribution in [0.15, 0.2) is 22.0 Å². The van der Waals surface area contributed by atoms with E-state index in [-0.39, 0.29) is 17.2 Å². The van der Waals surface area contributed by atoms with Gasteiger partial charge in [-0.15, -0.1) is 0 Å². The first-order chi connectivity index (χ1) is 7.50. The zero-order valence-electron chi connectivity index (χ0n) is 9.44. The molecule has 0 aromatic carbocycles. The molecule has 2 heterocycles. The van der Waals surface area contributed by atoms with E-state index in [4.69, 9.17) is 0 Å². The quantitative estimate of drug-likeness (QED) is 0.777. The van der Waals surface area contributed by atoms with Gasteiger partial charge >= 0.3 is 5.69 Å². The van der Waals surface area contributed by atoms with Crippen LogP contribution >= 0.6 is 0 Å². The molecule has 2 rings (SSSR count). The normalized spacial score (nSPS) is 11.2. The highest BCUT2D eigenvalue weighted by Gasteiger charge is 2.08. The van der Waals surface area contributed by atoms with Crippen LogP contribution in [0.3, 0.4) is 0 Å². The zero-order valence-corrected chi connectivity index (χ0v) is 9.44.